The Morgan fingerprint density at radius 1 is 1.50 bits per heavy atom. The predicted molar refractivity (Wildman–Crippen MR) is 39.3 cm³/mol. The van der Waals surface area contributed by atoms with Crippen LogP contribution in [-0.4, -0.2) is 26.9 Å². The Bertz CT molecular complexity index is 98.3. The largest absolute Gasteiger partial charge is 0.382 e. The molecule has 0 radical (unpaired) electrons. The van der Waals surface area contributed by atoms with Gasteiger partial charge in [-0.3, -0.25) is 4.84 Å². The van der Waals surface area contributed by atoms with Crippen LogP contribution in [0.2, 0.25) is 0 Å². The van der Waals surface area contributed by atoms with Gasteiger partial charge in [0.15, 0.2) is 0 Å². The van der Waals surface area contributed by atoms with Crippen LogP contribution >= 0.6 is 0 Å². The Balaban J connectivity index is 2.72. The minimum Gasteiger partial charge on any atom is -0.382 e. The van der Waals surface area contributed by atoms with Gasteiger partial charge in [-0.05, 0) is 0 Å². The van der Waals surface area contributed by atoms with Crippen molar-refractivity contribution in [1.82, 2.24) is 5.48 Å². The number of methoxy groups -OCH3 is 1. The molecule has 0 rings (SSSR count). The molecule has 0 atom stereocenters. The molecule has 1 N–H and O–H groups in total. The molecule has 0 aliphatic rings. The summed E-state index contributed by atoms with van der Waals surface area (Å²) in [6.45, 7) is 1.85. The van der Waals surface area contributed by atoms with E-state index in [-0.39, 0.29) is 0 Å². The molecule has 0 saturated heterocycles. The smallest absolute Gasteiger partial charge is 0.0915 e. The van der Waals surface area contributed by atoms with Crippen LogP contribution < -0.4 is 5.48 Å². The fourth-order valence-corrected chi connectivity index (χ4v) is 0.393. The van der Waals surface area contributed by atoms with Gasteiger partial charge in [0.1, 0.15) is 0 Å². The van der Waals surface area contributed by atoms with Crippen molar-refractivity contribution in [2.75, 3.05) is 26.9 Å². The summed E-state index contributed by atoms with van der Waals surface area (Å²) < 4.78 is 4.74. The maximum absolute atomic E-state index is 5.00. The van der Waals surface area contributed by atoms with Crippen LogP contribution in [0, 0.1) is 12.3 Å². The van der Waals surface area contributed by atoms with Gasteiger partial charge in [0.2, 0.25) is 0 Å². The van der Waals surface area contributed by atoms with E-state index >= 15 is 0 Å². The number of nitrogens with one attached hydrogen (secondary N) is 1. The van der Waals surface area contributed by atoms with Gasteiger partial charge in [-0.2, -0.15) is 0 Å². The predicted octanol–water partition coefficient (Wildman–Crippen LogP) is 0.177. The normalized spacial score (nSPS) is 9.20. The standard InChI is InChI=1S/C7H13NO2/c1-3-4-5-8-10-7-6-9-2/h1,8H,4-7H2,2H3. The van der Waals surface area contributed by atoms with Crippen LogP contribution in [0.25, 0.3) is 0 Å². The lowest BCUT2D eigenvalue weighted by Crippen LogP contribution is -2.18. The average Bonchev–Trinajstić information content (AvgIpc) is 1.97. The van der Waals surface area contributed by atoms with E-state index in [4.69, 9.17) is 16.0 Å². The number of rotatable bonds is 6. The first-order valence-corrected chi connectivity index (χ1v) is 3.19. The van der Waals surface area contributed by atoms with Crippen LogP contribution in [0.1, 0.15) is 6.42 Å². The highest BCUT2D eigenvalue weighted by atomic mass is 16.7. The Hall–Kier alpha value is -0.560. The zero-order chi connectivity index (χ0) is 7.66. The molecule has 0 heterocycles. The van der Waals surface area contributed by atoms with E-state index in [0.717, 1.165) is 0 Å². The molecule has 0 unspecified atom stereocenters. The van der Waals surface area contributed by atoms with Crippen molar-refractivity contribution < 1.29 is 9.57 Å². The molecule has 0 amide bonds. The van der Waals surface area contributed by atoms with Crippen molar-refractivity contribution in [3.63, 3.8) is 0 Å². The molecule has 3 heteroatoms. The molecule has 58 valence electrons. The van der Waals surface area contributed by atoms with E-state index in [9.17, 15) is 0 Å². The summed E-state index contributed by atoms with van der Waals surface area (Å²) in [4.78, 5) is 4.91. The van der Waals surface area contributed by atoms with Crippen LogP contribution in [0.15, 0.2) is 0 Å². The molecule has 0 aromatic heterocycles. The van der Waals surface area contributed by atoms with Gasteiger partial charge in [0, 0.05) is 20.1 Å². The molecule has 10 heavy (non-hydrogen) atoms. The lowest BCUT2D eigenvalue weighted by atomic mass is 10.5. The first kappa shape index (κ1) is 9.44. The second kappa shape index (κ2) is 8.44. The van der Waals surface area contributed by atoms with Crippen molar-refractivity contribution >= 4 is 0 Å². The first-order chi connectivity index (χ1) is 4.91. The zero-order valence-electron chi connectivity index (χ0n) is 6.22. The molecule has 0 aliphatic heterocycles. The van der Waals surface area contributed by atoms with E-state index in [2.05, 4.69) is 11.4 Å². The highest BCUT2D eigenvalue weighted by Crippen LogP contribution is 1.72. The minimum atomic E-state index is 0.557. The Morgan fingerprint density at radius 3 is 2.90 bits per heavy atom. The lowest BCUT2D eigenvalue weighted by Gasteiger charge is -2.01. The monoisotopic (exact) mass is 143 g/mol. The van der Waals surface area contributed by atoms with Crippen molar-refractivity contribution in [3.8, 4) is 12.3 Å². The van der Waals surface area contributed by atoms with E-state index < -0.39 is 0 Å². The van der Waals surface area contributed by atoms with E-state index in [1.54, 1.807) is 7.11 Å². The third-order valence-electron chi connectivity index (χ3n) is 0.863. The highest BCUT2D eigenvalue weighted by molar-refractivity contribution is 4.83. The van der Waals surface area contributed by atoms with E-state index in [1.165, 1.54) is 0 Å². The Kier molecular flexibility index (Phi) is 7.97. The summed E-state index contributed by atoms with van der Waals surface area (Å²) in [5.74, 6) is 2.48. The number of hydrogen-bond acceptors (Lipinski definition) is 3. The highest BCUT2D eigenvalue weighted by Gasteiger charge is 1.83. The summed E-state index contributed by atoms with van der Waals surface area (Å²) in [6, 6.07) is 0. The first-order valence-electron chi connectivity index (χ1n) is 3.19. The van der Waals surface area contributed by atoms with E-state index in [1.807, 2.05) is 0 Å². The third kappa shape index (κ3) is 7.44. The van der Waals surface area contributed by atoms with Crippen molar-refractivity contribution in [2.45, 2.75) is 6.42 Å². The molecule has 0 aromatic carbocycles. The second-order valence-corrected chi connectivity index (χ2v) is 1.69. The quantitative estimate of drug-likeness (QED) is 0.327. The van der Waals surface area contributed by atoms with Gasteiger partial charge in [-0.1, -0.05) is 0 Å². The summed E-state index contributed by atoms with van der Waals surface area (Å²) in [7, 11) is 1.63. The van der Waals surface area contributed by atoms with Crippen molar-refractivity contribution in [2.24, 2.45) is 0 Å². The second-order valence-electron chi connectivity index (χ2n) is 1.69. The maximum atomic E-state index is 5.00. The average molecular weight is 143 g/mol. The topological polar surface area (TPSA) is 30.5 Å². The van der Waals surface area contributed by atoms with Gasteiger partial charge in [-0.25, -0.2) is 5.48 Å². The summed E-state index contributed by atoms with van der Waals surface area (Å²) >= 11 is 0. The fourth-order valence-electron chi connectivity index (χ4n) is 0.393. The van der Waals surface area contributed by atoms with Crippen LogP contribution in [0.5, 0.6) is 0 Å². The molecular weight excluding hydrogens is 130 g/mol. The summed E-state index contributed by atoms with van der Waals surface area (Å²) in [6.07, 6.45) is 5.69. The molecular formula is C7H13NO2. The maximum Gasteiger partial charge on any atom is 0.0915 e. The number of ether oxygens (including phenoxy) is 1. The van der Waals surface area contributed by atoms with Gasteiger partial charge in [0.25, 0.3) is 0 Å². The Morgan fingerprint density at radius 2 is 2.30 bits per heavy atom. The molecule has 0 fully saturated rings. The van der Waals surface area contributed by atoms with Gasteiger partial charge in [-0.15, -0.1) is 12.3 Å². The number of hydroxylamine groups is 1. The fraction of sp³-hybridized carbons (Fsp3) is 0.714. The van der Waals surface area contributed by atoms with E-state index in [0.29, 0.717) is 26.2 Å². The van der Waals surface area contributed by atoms with Crippen LogP contribution in [0.3, 0.4) is 0 Å². The van der Waals surface area contributed by atoms with Gasteiger partial charge < -0.3 is 4.74 Å². The van der Waals surface area contributed by atoms with Gasteiger partial charge in [0.05, 0.1) is 13.2 Å². The molecule has 0 bridgehead atoms. The van der Waals surface area contributed by atoms with Crippen molar-refractivity contribution in [3.05, 3.63) is 0 Å². The SMILES string of the molecule is C#CCCNOCCOC. The number of terminal acetylenes is 1. The molecule has 0 spiro atoms. The summed E-state index contributed by atoms with van der Waals surface area (Å²) in [5, 5.41) is 0. The third-order valence-corrected chi connectivity index (χ3v) is 0.863. The molecule has 0 aliphatic carbocycles. The molecule has 3 nitrogen and oxygen atoms in total. The van der Waals surface area contributed by atoms with Crippen molar-refractivity contribution in [1.29, 1.82) is 0 Å². The Labute approximate surface area is 61.7 Å². The number of hydrogen-bond donors (Lipinski definition) is 1. The molecule has 0 saturated carbocycles. The zero-order valence-corrected chi connectivity index (χ0v) is 6.22. The minimum absolute atomic E-state index is 0.557. The summed E-state index contributed by atoms with van der Waals surface area (Å²) in [5.41, 5.74) is 2.70. The lowest BCUT2D eigenvalue weighted by molar-refractivity contribution is 0.00808. The van der Waals surface area contributed by atoms with Gasteiger partial charge >= 0.3 is 0 Å². The molecule has 0 aromatic rings. The van der Waals surface area contributed by atoms with Crippen LogP contribution in [0.4, 0.5) is 0 Å². The van der Waals surface area contributed by atoms with Crippen LogP contribution in [-0.2, 0) is 9.57 Å².